The topological polar surface area (TPSA) is 3.24 Å². The van der Waals surface area contributed by atoms with Crippen molar-refractivity contribution in [2.24, 2.45) is 0 Å². The van der Waals surface area contributed by atoms with Gasteiger partial charge in [-0.1, -0.05) is 78.9 Å². The number of hydrogen-bond acceptors (Lipinski definition) is 1. The molecule has 0 spiro atoms. The molecule has 0 heterocycles. The van der Waals surface area contributed by atoms with Crippen molar-refractivity contribution in [3.05, 3.63) is 102 Å². The predicted molar refractivity (Wildman–Crippen MR) is 88.0 cm³/mol. The van der Waals surface area contributed by atoms with E-state index in [0.717, 1.165) is 18.8 Å². The van der Waals surface area contributed by atoms with Gasteiger partial charge in [0.05, 0.1) is 0 Å². The van der Waals surface area contributed by atoms with E-state index in [0.29, 0.717) is 0 Å². The van der Waals surface area contributed by atoms with Gasteiger partial charge in [-0.15, -0.1) is 0 Å². The fourth-order valence-corrected chi connectivity index (χ4v) is 2.41. The van der Waals surface area contributed by atoms with Gasteiger partial charge in [0.2, 0.25) is 0 Å². The zero-order valence-electron chi connectivity index (χ0n) is 11.9. The van der Waals surface area contributed by atoms with Gasteiger partial charge in [-0.25, -0.2) is 0 Å². The zero-order valence-corrected chi connectivity index (χ0v) is 11.9. The van der Waals surface area contributed by atoms with Gasteiger partial charge in [0.1, 0.15) is 0 Å². The minimum atomic E-state index is 0.885. The number of anilines is 1. The smallest absolute Gasteiger partial charge is 0.0452 e. The van der Waals surface area contributed by atoms with Crippen LogP contribution in [0.5, 0.6) is 0 Å². The Kier molecular flexibility index (Phi) is 4.33. The van der Waals surface area contributed by atoms with E-state index in [1.54, 1.807) is 0 Å². The molecule has 3 rings (SSSR count). The normalized spacial score (nSPS) is 10.3. The highest BCUT2D eigenvalue weighted by Gasteiger charge is 2.08. The van der Waals surface area contributed by atoms with Crippen molar-refractivity contribution < 1.29 is 0 Å². The Morgan fingerprint density at radius 3 is 1.62 bits per heavy atom. The van der Waals surface area contributed by atoms with Gasteiger partial charge in [-0.3, -0.25) is 0 Å². The molecule has 0 saturated heterocycles. The molecule has 1 radical (unpaired) electrons. The molecule has 0 aliphatic rings. The van der Waals surface area contributed by atoms with Gasteiger partial charge < -0.3 is 4.90 Å². The largest absolute Gasteiger partial charge is 0.362 e. The molecule has 3 aromatic carbocycles. The van der Waals surface area contributed by atoms with Crippen LogP contribution < -0.4 is 4.90 Å². The first-order valence-electron chi connectivity index (χ1n) is 7.21. The van der Waals surface area contributed by atoms with Crippen molar-refractivity contribution in [3.8, 4) is 0 Å². The van der Waals surface area contributed by atoms with E-state index >= 15 is 0 Å². The van der Waals surface area contributed by atoms with Crippen LogP contribution in [0.4, 0.5) is 5.69 Å². The van der Waals surface area contributed by atoms with Gasteiger partial charge in [-0.05, 0) is 17.2 Å². The summed E-state index contributed by atoms with van der Waals surface area (Å²) in [6, 6.07) is 32.6. The second-order valence-corrected chi connectivity index (χ2v) is 5.08. The van der Waals surface area contributed by atoms with Crippen molar-refractivity contribution in [1.29, 1.82) is 0 Å². The number of benzene rings is 3. The van der Waals surface area contributed by atoms with Gasteiger partial charge in [-0.2, -0.15) is 0 Å². The molecule has 0 aliphatic carbocycles. The van der Waals surface area contributed by atoms with E-state index in [9.17, 15) is 0 Å². The first kappa shape index (κ1) is 13.4. The lowest BCUT2D eigenvalue weighted by molar-refractivity contribution is 0.799. The minimum Gasteiger partial charge on any atom is -0.362 e. The third kappa shape index (κ3) is 3.73. The number of hydrogen-bond donors (Lipinski definition) is 0. The van der Waals surface area contributed by atoms with Crippen molar-refractivity contribution in [3.63, 3.8) is 0 Å². The molecule has 0 unspecified atom stereocenters. The second kappa shape index (κ2) is 6.76. The van der Waals surface area contributed by atoms with Gasteiger partial charge >= 0.3 is 0 Å². The number of nitrogens with zero attached hydrogens (tertiary/aromatic N) is 1. The molecule has 0 aliphatic heterocycles. The fraction of sp³-hybridized carbons (Fsp3) is 0.100. The van der Waals surface area contributed by atoms with E-state index in [4.69, 9.17) is 0 Å². The summed E-state index contributed by atoms with van der Waals surface area (Å²) < 4.78 is 0. The Morgan fingerprint density at radius 1 is 0.619 bits per heavy atom. The van der Waals surface area contributed by atoms with E-state index in [1.807, 2.05) is 12.1 Å². The van der Waals surface area contributed by atoms with Crippen LogP contribution in [0.1, 0.15) is 11.1 Å². The molecule has 103 valence electrons. The lowest BCUT2D eigenvalue weighted by atomic mass is 10.1. The Balaban J connectivity index is 1.84. The molecule has 0 bridgehead atoms. The highest BCUT2D eigenvalue weighted by atomic mass is 15.1. The van der Waals surface area contributed by atoms with Gasteiger partial charge in [0.15, 0.2) is 0 Å². The molecule has 0 fully saturated rings. The maximum atomic E-state index is 3.33. The lowest BCUT2D eigenvalue weighted by Crippen LogP contribution is -2.22. The summed E-state index contributed by atoms with van der Waals surface area (Å²) >= 11 is 0. The Morgan fingerprint density at radius 2 is 1.14 bits per heavy atom. The van der Waals surface area contributed by atoms with E-state index < -0.39 is 0 Å². The van der Waals surface area contributed by atoms with Crippen molar-refractivity contribution in [2.45, 2.75) is 13.1 Å². The maximum absolute atomic E-state index is 3.33. The summed E-state index contributed by atoms with van der Waals surface area (Å²) in [6.45, 7) is 1.77. The summed E-state index contributed by atoms with van der Waals surface area (Å²) in [5.41, 5.74) is 3.75. The molecular weight excluding hydrogens is 254 g/mol. The van der Waals surface area contributed by atoms with Crippen LogP contribution in [-0.2, 0) is 13.1 Å². The summed E-state index contributed by atoms with van der Waals surface area (Å²) in [7, 11) is 0. The Hall–Kier alpha value is -2.54. The van der Waals surface area contributed by atoms with Crippen LogP contribution in [0.2, 0.25) is 0 Å². The molecule has 21 heavy (non-hydrogen) atoms. The summed E-state index contributed by atoms with van der Waals surface area (Å²) in [6.07, 6.45) is 0. The Labute approximate surface area is 126 Å². The SMILES string of the molecule is [c]1ccccc1N(Cc1ccccc1)Cc1ccccc1. The van der Waals surface area contributed by atoms with Crippen LogP contribution in [0.15, 0.2) is 84.9 Å². The lowest BCUT2D eigenvalue weighted by Gasteiger charge is -2.25. The third-order valence-corrected chi connectivity index (χ3v) is 3.47. The molecule has 0 N–H and O–H groups in total. The first-order valence-corrected chi connectivity index (χ1v) is 7.21. The molecule has 3 aromatic rings. The van der Waals surface area contributed by atoms with Crippen LogP contribution in [0, 0.1) is 6.07 Å². The van der Waals surface area contributed by atoms with E-state index in [-0.39, 0.29) is 0 Å². The molecule has 0 amide bonds. The molecule has 1 nitrogen and oxygen atoms in total. The van der Waals surface area contributed by atoms with E-state index in [1.165, 1.54) is 11.1 Å². The van der Waals surface area contributed by atoms with Crippen LogP contribution in [-0.4, -0.2) is 0 Å². The highest BCUT2D eigenvalue weighted by molar-refractivity contribution is 5.46. The van der Waals surface area contributed by atoms with Crippen molar-refractivity contribution in [2.75, 3.05) is 4.90 Å². The fourth-order valence-electron chi connectivity index (χ4n) is 2.41. The minimum absolute atomic E-state index is 0.885. The molecule has 1 heteroatoms. The molecule has 0 atom stereocenters. The number of para-hydroxylation sites is 1. The van der Waals surface area contributed by atoms with Gasteiger partial charge in [0, 0.05) is 24.8 Å². The van der Waals surface area contributed by atoms with E-state index in [2.05, 4.69) is 83.8 Å². The van der Waals surface area contributed by atoms with Crippen molar-refractivity contribution in [1.82, 2.24) is 0 Å². The zero-order chi connectivity index (χ0) is 14.3. The molecular formula is C20H18N. The molecule has 0 saturated carbocycles. The summed E-state index contributed by atoms with van der Waals surface area (Å²) in [5.74, 6) is 0. The van der Waals surface area contributed by atoms with Crippen LogP contribution >= 0.6 is 0 Å². The average Bonchev–Trinajstić information content (AvgIpc) is 2.57. The Bertz CT molecular complexity index is 606. The third-order valence-electron chi connectivity index (χ3n) is 3.47. The predicted octanol–water partition coefficient (Wildman–Crippen LogP) is 4.69. The quantitative estimate of drug-likeness (QED) is 0.651. The average molecular weight is 272 g/mol. The first-order chi connectivity index (χ1) is 10.4. The van der Waals surface area contributed by atoms with Gasteiger partial charge in [0.25, 0.3) is 0 Å². The number of rotatable bonds is 5. The molecule has 0 aromatic heterocycles. The van der Waals surface area contributed by atoms with Crippen molar-refractivity contribution >= 4 is 5.69 Å². The summed E-state index contributed by atoms with van der Waals surface area (Å²) in [4.78, 5) is 2.35. The monoisotopic (exact) mass is 272 g/mol. The second-order valence-electron chi connectivity index (χ2n) is 5.08. The standard InChI is InChI=1S/C20H18N/c1-4-10-18(11-5-1)16-21(20-14-8-3-9-15-20)17-19-12-6-2-7-13-19/h1-14H,16-17H2. The highest BCUT2D eigenvalue weighted by Crippen LogP contribution is 2.19. The van der Waals surface area contributed by atoms with Crippen LogP contribution in [0.3, 0.4) is 0 Å². The van der Waals surface area contributed by atoms with Crippen LogP contribution in [0.25, 0.3) is 0 Å². The summed E-state index contributed by atoms with van der Waals surface area (Å²) in [5, 5.41) is 0. The maximum Gasteiger partial charge on any atom is 0.0452 e.